The first kappa shape index (κ1) is 17.6. The molecule has 0 saturated heterocycles. The van der Waals surface area contributed by atoms with Crippen molar-refractivity contribution in [3.8, 4) is 22.8 Å². The van der Waals surface area contributed by atoms with Crippen molar-refractivity contribution in [2.24, 2.45) is 0 Å². The highest BCUT2D eigenvalue weighted by atomic mass is 16.5. The minimum Gasteiger partial charge on any atom is -0.359 e. The van der Waals surface area contributed by atoms with Crippen LogP contribution in [0.5, 0.6) is 0 Å². The van der Waals surface area contributed by atoms with E-state index in [1.54, 1.807) is 12.3 Å². The van der Waals surface area contributed by atoms with Crippen LogP contribution < -0.4 is 5.32 Å². The highest BCUT2D eigenvalue weighted by molar-refractivity contribution is 5.76. The van der Waals surface area contributed by atoms with Crippen molar-refractivity contribution in [1.29, 1.82) is 0 Å². The molecule has 8 nitrogen and oxygen atoms in total. The summed E-state index contributed by atoms with van der Waals surface area (Å²) in [6, 6.07) is 16.8. The molecule has 3 heterocycles. The van der Waals surface area contributed by atoms with E-state index in [4.69, 9.17) is 9.05 Å². The van der Waals surface area contributed by atoms with Crippen molar-refractivity contribution < 1.29 is 13.8 Å². The van der Waals surface area contributed by atoms with E-state index >= 15 is 0 Å². The van der Waals surface area contributed by atoms with Crippen molar-refractivity contribution in [2.45, 2.75) is 19.4 Å². The Bertz CT molecular complexity index is 960. The van der Waals surface area contributed by atoms with Gasteiger partial charge in [0.1, 0.15) is 5.69 Å². The number of hydrogen-bond acceptors (Lipinski definition) is 7. The Hall–Kier alpha value is -3.81. The number of carbonyl (C=O) groups excluding carboxylic acids is 1. The van der Waals surface area contributed by atoms with Gasteiger partial charge in [0.2, 0.25) is 17.6 Å². The molecule has 8 heteroatoms. The molecular weight excluding hydrogens is 358 g/mol. The maximum atomic E-state index is 12.1. The number of aryl methyl sites for hydroxylation is 1. The maximum absolute atomic E-state index is 12.1. The largest absolute Gasteiger partial charge is 0.359 e. The van der Waals surface area contributed by atoms with Crippen molar-refractivity contribution >= 4 is 5.91 Å². The SMILES string of the molecule is O=C(CCc1nc(-c2ccccc2)no1)NCc1cc(-c2ccccn2)no1. The zero-order valence-corrected chi connectivity index (χ0v) is 14.9. The Labute approximate surface area is 160 Å². The first-order valence-electron chi connectivity index (χ1n) is 8.79. The summed E-state index contributed by atoms with van der Waals surface area (Å²) < 4.78 is 10.4. The van der Waals surface area contributed by atoms with Gasteiger partial charge in [0, 0.05) is 30.7 Å². The zero-order valence-electron chi connectivity index (χ0n) is 14.9. The van der Waals surface area contributed by atoms with Gasteiger partial charge in [-0.1, -0.05) is 46.7 Å². The van der Waals surface area contributed by atoms with E-state index in [-0.39, 0.29) is 18.9 Å². The molecule has 0 aliphatic rings. The van der Waals surface area contributed by atoms with Crippen LogP contribution >= 0.6 is 0 Å². The van der Waals surface area contributed by atoms with Gasteiger partial charge >= 0.3 is 0 Å². The molecule has 0 fully saturated rings. The molecule has 3 aromatic heterocycles. The molecule has 1 N–H and O–H groups in total. The van der Waals surface area contributed by atoms with E-state index in [0.717, 1.165) is 11.3 Å². The molecule has 140 valence electrons. The van der Waals surface area contributed by atoms with Crippen LogP contribution in [-0.4, -0.2) is 26.2 Å². The van der Waals surface area contributed by atoms with Gasteiger partial charge in [0.15, 0.2) is 5.76 Å². The lowest BCUT2D eigenvalue weighted by Gasteiger charge is -2.00. The molecule has 4 rings (SSSR count). The molecule has 0 atom stereocenters. The second-order valence-corrected chi connectivity index (χ2v) is 6.05. The summed E-state index contributed by atoms with van der Waals surface area (Å²) in [4.78, 5) is 20.6. The smallest absolute Gasteiger partial charge is 0.227 e. The maximum Gasteiger partial charge on any atom is 0.227 e. The molecule has 0 aliphatic heterocycles. The van der Waals surface area contributed by atoms with Crippen LogP contribution in [0.25, 0.3) is 22.8 Å². The average molecular weight is 375 g/mol. The number of amides is 1. The van der Waals surface area contributed by atoms with Gasteiger partial charge in [-0.25, -0.2) is 0 Å². The van der Waals surface area contributed by atoms with E-state index in [1.165, 1.54) is 0 Å². The van der Waals surface area contributed by atoms with Gasteiger partial charge in [-0.3, -0.25) is 9.78 Å². The lowest BCUT2D eigenvalue weighted by atomic mass is 10.2. The van der Waals surface area contributed by atoms with E-state index < -0.39 is 0 Å². The normalized spacial score (nSPS) is 10.7. The second-order valence-electron chi connectivity index (χ2n) is 6.05. The van der Waals surface area contributed by atoms with Crippen LogP contribution in [0.1, 0.15) is 18.1 Å². The van der Waals surface area contributed by atoms with Gasteiger partial charge in [0.05, 0.1) is 12.2 Å². The molecule has 0 bridgehead atoms. The monoisotopic (exact) mass is 375 g/mol. The average Bonchev–Trinajstić information content (AvgIpc) is 3.42. The van der Waals surface area contributed by atoms with Gasteiger partial charge in [0.25, 0.3) is 0 Å². The number of pyridine rings is 1. The highest BCUT2D eigenvalue weighted by Gasteiger charge is 2.12. The van der Waals surface area contributed by atoms with E-state index in [2.05, 4.69) is 25.6 Å². The molecule has 0 aliphatic carbocycles. The number of rotatable bonds is 7. The molecule has 1 aromatic carbocycles. The quantitative estimate of drug-likeness (QED) is 0.529. The fraction of sp³-hybridized carbons (Fsp3) is 0.150. The predicted molar refractivity (Wildman–Crippen MR) is 99.6 cm³/mol. The van der Waals surface area contributed by atoms with E-state index in [0.29, 0.717) is 29.6 Å². The zero-order chi connectivity index (χ0) is 19.2. The Morgan fingerprint density at radius 2 is 1.82 bits per heavy atom. The van der Waals surface area contributed by atoms with Crippen LogP contribution in [-0.2, 0) is 17.8 Å². The molecule has 28 heavy (non-hydrogen) atoms. The topological polar surface area (TPSA) is 107 Å². The Kier molecular flexibility index (Phi) is 5.19. The van der Waals surface area contributed by atoms with E-state index in [9.17, 15) is 4.79 Å². The number of nitrogens with one attached hydrogen (secondary N) is 1. The molecule has 4 aromatic rings. The third-order valence-electron chi connectivity index (χ3n) is 4.01. The van der Waals surface area contributed by atoms with Crippen LogP contribution in [0, 0.1) is 0 Å². The summed E-state index contributed by atoms with van der Waals surface area (Å²) in [5.41, 5.74) is 2.22. The van der Waals surface area contributed by atoms with Gasteiger partial charge in [-0.15, -0.1) is 0 Å². The first-order chi connectivity index (χ1) is 13.8. The third-order valence-corrected chi connectivity index (χ3v) is 4.01. The summed E-state index contributed by atoms with van der Waals surface area (Å²) >= 11 is 0. The van der Waals surface area contributed by atoms with Crippen LogP contribution in [0.3, 0.4) is 0 Å². The first-order valence-corrected chi connectivity index (χ1v) is 8.79. The molecule has 0 saturated carbocycles. The Balaban J connectivity index is 1.26. The summed E-state index contributed by atoms with van der Waals surface area (Å²) in [5.74, 6) is 1.35. The third kappa shape index (κ3) is 4.29. The van der Waals surface area contributed by atoms with Gasteiger partial charge < -0.3 is 14.4 Å². The summed E-state index contributed by atoms with van der Waals surface area (Å²) in [6.45, 7) is 0.248. The van der Waals surface area contributed by atoms with Crippen molar-refractivity contribution in [1.82, 2.24) is 25.6 Å². The highest BCUT2D eigenvalue weighted by Crippen LogP contribution is 2.17. The summed E-state index contributed by atoms with van der Waals surface area (Å²) in [7, 11) is 0. The lowest BCUT2D eigenvalue weighted by Crippen LogP contribution is -2.22. The second kappa shape index (κ2) is 8.26. The standard InChI is InChI=1S/C20H17N5O3/c26-18(9-10-19-23-20(25-28-19)14-6-2-1-3-7-14)22-13-15-12-17(24-27-15)16-8-4-5-11-21-16/h1-8,11-12H,9-10,13H2,(H,22,26). The number of hydrogen-bond donors (Lipinski definition) is 1. The number of nitrogens with zero attached hydrogens (tertiary/aromatic N) is 4. The molecular formula is C20H17N5O3. The molecule has 0 spiro atoms. The van der Waals surface area contributed by atoms with Crippen LogP contribution in [0.15, 0.2) is 69.8 Å². The van der Waals surface area contributed by atoms with Crippen molar-refractivity contribution in [3.63, 3.8) is 0 Å². The minimum atomic E-state index is -0.143. The fourth-order valence-corrected chi connectivity index (χ4v) is 2.59. The molecule has 0 radical (unpaired) electrons. The number of benzene rings is 1. The number of aromatic nitrogens is 4. The number of carbonyl (C=O) groups is 1. The molecule has 1 amide bonds. The van der Waals surface area contributed by atoms with Crippen LogP contribution in [0.2, 0.25) is 0 Å². The van der Waals surface area contributed by atoms with E-state index in [1.807, 2.05) is 48.5 Å². The predicted octanol–water partition coefficient (Wildman–Crippen LogP) is 3.04. The lowest BCUT2D eigenvalue weighted by molar-refractivity contribution is -0.121. The fourth-order valence-electron chi connectivity index (χ4n) is 2.59. The Morgan fingerprint density at radius 1 is 0.964 bits per heavy atom. The van der Waals surface area contributed by atoms with Crippen molar-refractivity contribution in [3.05, 3.63) is 72.4 Å². The summed E-state index contributed by atoms with van der Waals surface area (Å²) in [6.07, 6.45) is 2.28. The minimum absolute atomic E-state index is 0.143. The summed E-state index contributed by atoms with van der Waals surface area (Å²) in [5, 5.41) is 10.7. The van der Waals surface area contributed by atoms with Gasteiger partial charge in [-0.05, 0) is 12.1 Å². The molecule has 0 unspecified atom stereocenters. The van der Waals surface area contributed by atoms with Crippen LogP contribution in [0.4, 0.5) is 0 Å². The van der Waals surface area contributed by atoms with Gasteiger partial charge in [-0.2, -0.15) is 4.98 Å². The van der Waals surface area contributed by atoms with Crippen molar-refractivity contribution in [2.75, 3.05) is 0 Å². The Morgan fingerprint density at radius 3 is 2.64 bits per heavy atom.